The second kappa shape index (κ2) is 5.47. The smallest absolute Gasteiger partial charge is 0.396 e. The summed E-state index contributed by atoms with van der Waals surface area (Å²) in [5.74, 6) is 0.239. The van der Waals surface area contributed by atoms with Crippen LogP contribution in [0.4, 0.5) is 24.7 Å². The average molecular weight is 288 g/mol. The van der Waals surface area contributed by atoms with Crippen LogP contribution < -0.4 is 10.6 Å². The van der Waals surface area contributed by atoms with Gasteiger partial charge in [0, 0.05) is 32.2 Å². The largest absolute Gasteiger partial charge is 0.433 e. The fraction of sp³-hybridized carbons (Fsp3) is 0.615. The number of hydrogen-bond acceptors (Lipinski definition) is 4. The molecule has 112 valence electrons. The lowest BCUT2D eigenvalue weighted by Gasteiger charge is -2.38. The summed E-state index contributed by atoms with van der Waals surface area (Å²) in [5.41, 5.74) is 5.17. The van der Waals surface area contributed by atoms with E-state index in [2.05, 4.69) is 23.7 Å². The quantitative estimate of drug-likeness (QED) is 0.906. The molecule has 2 rings (SSSR count). The fourth-order valence-electron chi connectivity index (χ4n) is 2.32. The molecule has 0 aliphatic carbocycles. The van der Waals surface area contributed by atoms with Crippen molar-refractivity contribution in [2.24, 2.45) is 0 Å². The van der Waals surface area contributed by atoms with Crippen molar-refractivity contribution in [1.82, 2.24) is 9.88 Å². The molecule has 1 aliphatic rings. The second-order valence-corrected chi connectivity index (χ2v) is 5.22. The first-order valence-electron chi connectivity index (χ1n) is 6.61. The third-order valence-electron chi connectivity index (χ3n) is 3.54. The van der Waals surface area contributed by atoms with Crippen molar-refractivity contribution in [3.8, 4) is 0 Å². The van der Waals surface area contributed by atoms with Crippen LogP contribution in [0.3, 0.4) is 0 Å². The van der Waals surface area contributed by atoms with Crippen molar-refractivity contribution in [2.75, 3.05) is 36.8 Å². The third kappa shape index (κ3) is 3.15. The van der Waals surface area contributed by atoms with E-state index in [-0.39, 0.29) is 11.5 Å². The van der Waals surface area contributed by atoms with Gasteiger partial charge in [-0.15, -0.1) is 0 Å². The van der Waals surface area contributed by atoms with E-state index in [0.717, 1.165) is 19.2 Å². The maximum absolute atomic E-state index is 12.7. The van der Waals surface area contributed by atoms with E-state index in [4.69, 9.17) is 5.73 Å². The zero-order valence-electron chi connectivity index (χ0n) is 11.6. The second-order valence-electron chi connectivity index (χ2n) is 5.22. The van der Waals surface area contributed by atoms with Gasteiger partial charge in [-0.2, -0.15) is 13.2 Å². The summed E-state index contributed by atoms with van der Waals surface area (Å²) < 4.78 is 38.1. The van der Waals surface area contributed by atoms with Gasteiger partial charge in [0.2, 0.25) is 0 Å². The summed E-state index contributed by atoms with van der Waals surface area (Å²) in [6, 6.07) is 2.63. The minimum Gasteiger partial charge on any atom is -0.396 e. The van der Waals surface area contributed by atoms with Crippen LogP contribution in [0.1, 0.15) is 19.5 Å². The minimum atomic E-state index is -4.44. The Hall–Kier alpha value is -1.50. The maximum atomic E-state index is 12.7. The molecule has 0 bridgehead atoms. The van der Waals surface area contributed by atoms with Gasteiger partial charge in [0.1, 0.15) is 5.69 Å². The molecule has 7 heteroatoms. The first kappa shape index (κ1) is 14.9. The molecular weight excluding hydrogens is 269 g/mol. The zero-order valence-corrected chi connectivity index (χ0v) is 11.6. The topological polar surface area (TPSA) is 45.4 Å². The lowest BCUT2D eigenvalue weighted by Crippen LogP contribution is -2.49. The number of aromatic nitrogens is 1. The van der Waals surface area contributed by atoms with E-state index in [0.29, 0.717) is 19.1 Å². The number of alkyl halides is 3. The van der Waals surface area contributed by atoms with E-state index in [9.17, 15) is 13.2 Å². The highest BCUT2D eigenvalue weighted by atomic mass is 19.4. The highest BCUT2D eigenvalue weighted by molar-refractivity contribution is 5.63. The highest BCUT2D eigenvalue weighted by Gasteiger charge is 2.33. The first-order chi connectivity index (χ1) is 9.29. The average Bonchev–Trinajstić information content (AvgIpc) is 2.38. The van der Waals surface area contributed by atoms with Gasteiger partial charge in [-0.05, 0) is 26.0 Å². The van der Waals surface area contributed by atoms with Crippen LogP contribution in [0, 0.1) is 0 Å². The van der Waals surface area contributed by atoms with Crippen LogP contribution in [0.15, 0.2) is 12.1 Å². The van der Waals surface area contributed by atoms with Crippen molar-refractivity contribution in [3.63, 3.8) is 0 Å². The van der Waals surface area contributed by atoms with Crippen LogP contribution in [-0.2, 0) is 6.18 Å². The van der Waals surface area contributed by atoms with Crippen LogP contribution in [0.25, 0.3) is 0 Å². The lowest BCUT2D eigenvalue weighted by atomic mass is 10.2. The normalized spacial score (nSPS) is 17.8. The third-order valence-corrected chi connectivity index (χ3v) is 3.54. The standard InChI is InChI=1S/C13H19F3N4/c1-9(2)19-5-7-20(8-6-19)12-10(17)3-4-11(18-12)13(14,15)16/h3-4,9H,5-8,17H2,1-2H3. The Bertz CT molecular complexity index is 465. The van der Waals surface area contributed by atoms with Gasteiger partial charge in [0.15, 0.2) is 5.82 Å². The Morgan fingerprint density at radius 1 is 1.15 bits per heavy atom. The number of hydrogen-bond donors (Lipinski definition) is 1. The first-order valence-corrected chi connectivity index (χ1v) is 6.61. The van der Waals surface area contributed by atoms with E-state index >= 15 is 0 Å². The van der Waals surface area contributed by atoms with Crippen molar-refractivity contribution in [3.05, 3.63) is 17.8 Å². The molecule has 1 fully saturated rings. The molecular formula is C13H19F3N4. The Morgan fingerprint density at radius 2 is 1.75 bits per heavy atom. The molecule has 1 saturated heterocycles. The predicted molar refractivity (Wildman–Crippen MR) is 72.6 cm³/mol. The van der Waals surface area contributed by atoms with E-state index in [1.165, 1.54) is 6.07 Å². The number of piperazine rings is 1. The highest BCUT2D eigenvalue weighted by Crippen LogP contribution is 2.31. The van der Waals surface area contributed by atoms with Gasteiger partial charge >= 0.3 is 6.18 Å². The fourth-order valence-corrected chi connectivity index (χ4v) is 2.32. The van der Waals surface area contributed by atoms with Gasteiger partial charge < -0.3 is 10.6 Å². The molecule has 0 unspecified atom stereocenters. The molecule has 20 heavy (non-hydrogen) atoms. The molecule has 2 N–H and O–H groups in total. The van der Waals surface area contributed by atoms with Gasteiger partial charge in [-0.25, -0.2) is 4.98 Å². The Labute approximate surface area is 116 Å². The SMILES string of the molecule is CC(C)N1CCN(c2nc(C(F)(F)F)ccc2N)CC1. The Morgan fingerprint density at radius 3 is 2.25 bits per heavy atom. The zero-order chi connectivity index (χ0) is 14.9. The lowest BCUT2D eigenvalue weighted by molar-refractivity contribution is -0.141. The van der Waals surface area contributed by atoms with Crippen molar-refractivity contribution in [2.45, 2.75) is 26.1 Å². The van der Waals surface area contributed by atoms with Gasteiger partial charge in [-0.3, -0.25) is 4.90 Å². The Balaban J connectivity index is 2.17. The predicted octanol–water partition coefficient (Wildman–Crippen LogP) is 2.21. The summed E-state index contributed by atoms with van der Waals surface area (Å²) in [5, 5.41) is 0. The number of nitrogens with zero attached hydrogens (tertiary/aromatic N) is 3. The summed E-state index contributed by atoms with van der Waals surface area (Å²) in [4.78, 5) is 7.80. The summed E-state index contributed by atoms with van der Waals surface area (Å²) in [6.07, 6.45) is -4.44. The number of nitrogens with two attached hydrogens (primary N) is 1. The van der Waals surface area contributed by atoms with Crippen LogP contribution in [0.5, 0.6) is 0 Å². The molecule has 1 aliphatic heterocycles. The molecule has 4 nitrogen and oxygen atoms in total. The van der Waals surface area contributed by atoms with Crippen molar-refractivity contribution >= 4 is 11.5 Å². The van der Waals surface area contributed by atoms with E-state index in [1.54, 1.807) is 0 Å². The van der Waals surface area contributed by atoms with Crippen molar-refractivity contribution < 1.29 is 13.2 Å². The molecule has 0 amide bonds. The molecule has 2 heterocycles. The van der Waals surface area contributed by atoms with Crippen LogP contribution in [-0.4, -0.2) is 42.1 Å². The molecule has 1 aromatic heterocycles. The minimum absolute atomic E-state index is 0.239. The molecule has 0 radical (unpaired) electrons. The summed E-state index contributed by atoms with van der Waals surface area (Å²) in [7, 11) is 0. The number of rotatable bonds is 2. The number of pyridine rings is 1. The molecule has 0 aromatic carbocycles. The number of anilines is 2. The maximum Gasteiger partial charge on any atom is 0.433 e. The van der Waals surface area contributed by atoms with E-state index in [1.807, 2.05) is 4.90 Å². The van der Waals surface area contributed by atoms with Gasteiger partial charge in [-0.1, -0.05) is 0 Å². The molecule has 0 atom stereocenters. The molecule has 0 spiro atoms. The van der Waals surface area contributed by atoms with Crippen LogP contribution >= 0.6 is 0 Å². The Kier molecular flexibility index (Phi) is 4.08. The van der Waals surface area contributed by atoms with Gasteiger partial charge in [0.05, 0.1) is 5.69 Å². The van der Waals surface area contributed by atoms with E-state index < -0.39 is 11.9 Å². The number of nitrogen functional groups attached to an aromatic ring is 1. The molecule has 0 saturated carbocycles. The van der Waals surface area contributed by atoms with Gasteiger partial charge in [0.25, 0.3) is 0 Å². The summed E-state index contributed by atoms with van der Waals surface area (Å²) >= 11 is 0. The monoisotopic (exact) mass is 288 g/mol. The van der Waals surface area contributed by atoms with Crippen molar-refractivity contribution in [1.29, 1.82) is 0 Å². The van der Waals surface area contributed by atoms with Crippen LogP contribution in [0.2, 0.25) is 0 Å². The number of halogens is 3. The molecule has 1 aromatic rings. The summed E-state index contributed by atoms with van der Waals surface area (Å²) in [6.45, 7) is 7.08.